The van der Waals surface area contributed by atoms with Crippen LogP contribution in [0, 0.1) is 6.92 Å². The first kappa shape index (κ1) is 15.6. The fourth-order valence-corrected chi connectivity index (χ4v) is 3.30. The summed E-state index contributed by atoms with van der Waals surface area (Å²) in [5.74, 6) is 0. The molecule has 2 N–H and O–H groups in total. The van der Waals surface area contributed by atoms with Gasteiger partial charge in [-0.15, -0.1) is 0 Å². The summed E-state index contributed by atoms with van der Waals surface area (Å²) in [4.78, 5) is 8.48. The Labute approximate surface area is 124 Å². The van der Waals surface area contributed by atoms with E-state index in [2.05, 4.69) is 9.97 Å². The van der Waals surface area contributed by atoms with Crippen molar-refractivity contribution in [3.8, 4) is 0 Å². The molecule has 0 amide bonds. The van der Waals surface area contributed by atoms with Gasteiger partial charge < -0.3 is 5.73 Å². The van der Waals surface area contributed by atoms with Crippen molar-refractivity contribution in [3.63, 3.8) is 0 Å². The van der Waals surface area contributed by atoms with E-state index in [1.807, 2.05) is 19.1 Å². The lowest BCUT2D eigenvalue weighted by atomic mass is 10.3. The molecule has 0 radical (unpaired) electrons. The number of rotatable bonds is 5. The highest BCUT2D eigenvalue weighted by Crippen LogP contribution is 2.18. The molecule has 2 heterocycles. The smallest absolute Gasteiger partial charge is 0.245 e. The minimum atomic E-state index is -3.64. The molecule has 0 fully saturated rings. The van der Waals surface area contributed by atoms with Gasteiger partial charge in [0.05, 0.1) is 17.9 Å². The number of aryl methyl sites for hydroxylation is 1. The van der Waals surface area contributed by atoms with Gasteiger partial charge in [-0.05, 0) is 31.2 Å². The van der Waals surface area contributed by atoms with Crippen molar-refractivity contribution in [3.05, 3.63) is 53.6 Å². The summed E-state index contributed by atoms with van der Waals surface area (Å²) < 4.78 is 26.5. The highest BCUT2D eigenvalue weighted by atomic mass is 32.2. The van der Waals surface area contributed by atoms with Gasteiger partial charge in [-0.1, -0.05) is 6.07 Å². The molecule has 21 heavy (non-hydrogen) atoms. The molecule has 0 aliphatic heterocycles. The Bertz CT molecular complexity index is 731. The highest BCUT2D eigenvalue weighted by molar-refractivity contribution is 7.89. The van der Waals surface area contributed by atoms with E-state index < -0.39 is 10.0 Å². The van der Waals surface area contributed by atoms with Crippen molar-refractivity contribution in [2.24, 2.45) is 5.73 Å². The van der Waals surface area contributed by atoms with Crippen molar-refractivity contribution >= 4 is 10.0 Å². The Morgan fingerprint density at radius 3 is 2.67 bits per heavy atom. The Morgan fingerprint density at radius 2 is 2.00 bits per heavy atom. The second-order valence-electron chi connectivity index (χ2n) is 4.68. The van der Waals surface area contributed by atoms with Crippen LogP contribution < -0.4 is 5.73 Å². The van der Waals surface area contributed by atoms with E-state index in [0.717, 1.165) is 5.69 Å². The van der Waals surface area contributed by atoms with Crippen molar-refractivity contribution in [2.75, 3.05) is 7.05 Å². The summed E-state index contributed by atoms with van der Waals surface area (Å²) in [6.45, 7) is 2.14. The van der Waals surface area contributed by atoms with Crippen LogP contribution in [0.25, 0.3) is 0 Å². The van der Waals surface area contributed by atoms with E-state index >= 15 is 0 Å². The Hall–Kier alpha value is -1.83. The van der Waals surface area contributed by atoms with E-state index in [1.165, 1.54) is 23.6 Å². The normalized spacial score (nSPS) is 11.8. The van der Waals surface area contributed by atoms with Gasteiger partial charge in [0.25, 0.3) is 0 Å². The zero-order valence-electron chi connectivity index (χ0n) is 12.0. The SMILES string of the molecule is Cc1cccc(CN(C)S(=O)(=O)c2cccnc2CN)n1. The number of hydrogen-bond donors (Lipinski definition) is 1. The monoisotopic (exact) mass is 306 g/mol. The van der Waals surface area contributed by atoms with Crippen LogP contribution in [-0.4, -0.2) is 29.7 Å². The molecule has 0 aliphatic rings. The van der Waals surface area contributed by atoms with Gasteiger partial charge in [0.1, 0.15) is 4.90 Å². The van der Waals surface area contributed by atoms with Crippen molar-refractivity contribution < 1.29 is 8.42 Å². The fraction of sp³-hybridized carbons (Fsp3) is 0.286. The average molecular weight is 306 g/mol. The fourth-order valence-electron chi connectivity index (χ4n) is 1.98. The number of hydrogen-bond acceptors (Lipinski definition) is 5. The second kappa shape index (κ2) is 6.30. The molecule has 0 saturated heterocycles. The van der Waals surface area contributed by atoms with Gasteiger partial charge in [-0.2, -0.15) is 4.31 Å². The van der Waals surface area contributed by atoms with E-state index in [4.69, 9.17) is 5.73 Å². The molecule has 2 rings (SSSR count). The predicted octanol–water partition coefficient (Wildman–Crippen LogP) is 1.06. The molecule has 0 atom stereocenters. The molecular weight excluding hydrogens is 288 g/mol. The van der Waals surface area contributed by atoms with Gasteiger partial charge in [0, 0.05) is 25.5 Å². The molecule has 2 aromatic rings. The third-order valence-corrected chi connectivity index (χ3v) is 4.94. The quantitative estimate of drug-likeness (QED) is 0.892. The van der Waals surface area contributed by atoms with Gasteiger partial charge in [0.15, 0.2) is 0 Å². The molecule has 2 aromatic heterocycles. The largest absolute Gasteiger partial charge is 0.325 e. The summed E-state index contributed by atoms with van der Waals surface area (Å²) in [6.07, 6.45) is 1.53. The molecule has 0 aromatic carbocycles. The van der Waals surface area contributed by atoms with Crippen LogP contribution in [-0.2, 0) is 23.1 Å². The highest BCUT2D eigenvalue weighted by Gasteiger charge is 2.24. The molecule has 7 heteroatoms. The molecule has 0 spiro atoms. The van der Waals surface area contributed by atoms with E-state index in [9.17, 15) is 8.42 Å². The van der Waals surface area contributed by atoms with Gasteiger partial charge in [-0.25, -0.2) is 8.42 Å². The third kappa shape index (κ3) is 3.44. The maximum Gasteiger partial charge on any atom is 0.245 e. The molecule has 112 valence electrons. The molecule has 0 bridgehead atoms. The van der Waals surface area contributed by atoms with Gasteiger partial charge in [0.2, 0.25) is 10.0 Å². The summed E-state index contributed by atoms with van der Waals surface area (Å²) in [5.41, 5.74) is 7.47. The maximum atomic E-state index is 12.6. The first-order chi connectivity index (χ1) is 9.95. The molecule has 0 unspecified atom stereocenters. The van der Waals surface area contributed by atoms with Crippen molar-refractivity contribution in [1.82, 2.24) is 14.3 Å². The summed E-state index contributed by atoms with van der Waals surface area (Å²) >= 11 is 0. The molecule has 0 aliphatic carbocycles. The van der Waals surface area contributed by atoms with Gasteiger partial charge >= 0.3 is 0 Å². The van der Waals surface area contributed by atoms with Crippen LogP contribution in [0.2, 0.25) is 0 Å². The second-order valence-corrected chi connectivity index (χ2v) is 6.70. The van der Waals surface area contributed by atoms with E-state index in [1.54, 1.807) is 12.1 Å². The lowest BCUT2D eigenvalue weighted by Gasteiger charge is -2.18. The van der Waals surface area contributed by atoms with E-state index in [0.29, 0.717) is 11.4 Å². The zero-order chi connectivity index (χ0) is 15.5. The number of nitrogens with zero attached hydrogens (tertiary/aromatic N) is 3. The Kier molecular flexibility index (Phi) is 4.66. The first-order valence-corrected chi connectivity index (χ1v) is 7.92. The van der Waals surface area contributed by atoms with Crippen LogP contribution in [0.15, 0.2) is 41.4 Å². The summed E-state index contributed by atoms with van der Waals surface area (Å²) in [5, 5.41) is 0. The van der Waals surface area contributed by atoms with Crippen molar-refractivity contribution in [1.29, 1.82) is 0 Å². The minimum absolute atomic E-state index is 0.0753. The molecule has 6 nitrogen and oxygen atoms in total. The number of nitrogens with two attached hydrogens (primary N) is 1. The lowest BCUT2D eigenvalue weighted by molar-refractivity contribution is 0.460. The van der Waals surface area contributed by atoms with Gasteiger partial charge in [-0.3, -0.25) is 9.97 Å². The zero-order valence-corrected chi connectivity index (χ0v) is 12.8. The number of aromatic nitrogens is 2. The van der Waals surface area contributed by atoms with Crippen molar-refractivity contribution in [2.45, 2.75) is 24.9 Å². The topological polar surface area (TPSA) is 89.2 Å². The van der Waals surface area contributed by atoms with Crippen LogP contribution in [0.4, 0.5) is 0 Å². The number of sulfonamides is 1. The summed E-state index contributed by atoms with van der Waals surface area (Å²) in [7, 11) is -2.12. The lowest BCUT2D eigenvalue weighted by Crippen LogP contribution is -2.28. The Balaban J connectivity index is 2.31. The van der Waals surface area contributed by atoms with Crippen LogP contribution in [0.5, 0.6) is 0 Å². The summed E-state index contributed by atoms with van der Waals surface area (Å²) in [6, 6.07) is 8.63. The number of pyridine rings is 2. The minimum Gasteiger partial charge on any atom is -0.325 e. The van der Waals surface area contributed by atoms with E-state index in [-0.39, 0.29) is 18.0 Å². The Morgan fingerprint density at radius 1 is 1.24 bits per heavy atom. The van der Waals surface area contributed by atoms with Crippen LogP contribution in [0.3, 0.4) is 0 Å². The standard InChI is InChI=1S/C14H18N4O2S/c1-11-5-3-6-12(17-11)10-18(2)21(19,20)14-7-4-8-16-13(14)9-15/h3-8H,9-10,15H2,1-2H3. The molecular formula is C14H18N4O2S. The average Bonchev–Trinajstić information content (AvgIpc) is 2.47. The predicted molar refractivity (Wildman–Crippen MR) is 79.8 cm³/mol. The van der Waals surface area contributed by atoms with Crippen LogP contribution >= 0.6 is 0 Å². The molecule has 0 saturated carbocycles. The van der Waals surface area contributed by atoms with Crippen LogP contribution in [0.1, 0.15) is 17.1 Å². The maximum absolute atomic E-state index is 12.6. The first-order valence-electron chi connectivity index (χ1n) is 6.48. The third-order valence-electron chi connectivity index (χ3n) is 3.06.